The molecule has 3 aromatic rings. The molecule has 0 aliphatic carbocycles. The Kier molecular flexibility index (Phi) is 3.35. The van der Waals surface area contributed by atoms with Gasteiger partial charge in [-0.15, -0.1) is 0 Å². The van der Waals surface area contributed by atoms with Gasteiger partial charge in [0.05, 0.1) is 18.0 Å². The SMILES string of the molecule is CCNc1nc(Oc2ccc(C#N)cc2)c2[nH]cnc2n1. The number of fused-ring (bicyclic) bond motifs is 1. The fourth-order valence-corrected chi connectivity index (χ4v) is 1.83. The van der Waals surface area contributed by atoms with Gasteiger partial charge in [0.1, 0.15) is 11.3 Å². The zero-order valence-electron chi connectivity index (χ0n) is 11.3. The van der Waals surface area contributed by atoms with Crippen molar-refractivity contribution < 1.29 is 4.74 Å². The summed E-state index contributed by atoms with van der Waals surface area (Å²) in [6.07, 6.45) is 1.54. The van der Waals surface area contributed by atoms with Crippen LogP contribution < -0.4 is 10.1 Å². The molecule has 7 nitrogen and oxygen atoms in total. The average molecular weight is 280 g/mol. The van der Waals surface area contributed by atoms with E-state index in [9.17, 15) is 0 Å². The molecule has 0 aliphatic rings. The fourth-order valence-electron chi connectivity index (χ4n) is 1.83. The normalized spacial score (nSPS) is 10.3. The number of hydrogen-bond acceptors (Lipinski definition) is 6. The summed E-state index contributed by atoms with van der Waals surface area (Å²) in [5, 5.41) is 11.8. The Morgan fingerprint density at radius 1 is 1.29 bits per heavy atom. The van der Waals surface area contributed by atoms with Crippen LogP contribution in [0.1, 0.15) is 12.5 Å². The first-order valence-corrected chi connectivity index (χ1v) is 6.43. The van der Waals surface area contributed by atoms with E-state index in [1.807, 2.05) is 6.92 Å². The van der Waals surface area contributed by atoms with E-state index in [0.29, 0.717) is 40.8 Å². The van der Waals surface area contributed by atoms with Crippen LogP contribution in [0.4, 0.5) is 5.95 Å². The van der Waals surface area contributed by atoms with E-state index in [0.717, 1.165) is 0 Å². The minimum absolute atomic E-state index is 0.387. The van der Waals surface area contributed by atoms with Gasteiger partial charge in [0.25, 0.3) is 5.88 Å². The number of H-pyrrole nitrogens is 1. The summed E-state index contributed by atoms with van der Waals surface area (Å²) in [5.74, 6) is 1.44. The zero-order valence-corrected chi connectivity index (χ0v) is 11.3. The van der Waals surface area contributed by atoms with Crippen molar-refractivity contribution in [2.75, 3.05) is 11.9 Å². The van der Waals surface area contributed by atoms with Crippen LogP contribution in [0, 0.1) is 11.3 Å². The molecule has 0 unspecified atom stereocenters. The number of aromatic nitrogens is 4. The van der Waals surface area contributed by atoms with Crippen molar-refractivity contribution in [1.82, 2.24) is 19.9 Å². The van der Waals surface area contributed by atoms with Gasteiger partial charge in [-0.05, 0) is 31.2 Å². The number of aromatic amines is 1. The molecule has 0 saturated heterocycles. The van der Waals surface area contributed by atoms with Crippen LogP contribution in [0.15, 0.2) is 30.6 Å². The molecule has 2 N–H and O–H groups in total. The molecule has 0 bridgehead atoms. The lowest BCUT2D eigenvalue weighted by Crippen LogP contribution is -2.03. The maximum absolute atomic E-state index is 8.79. The molecule has 0 radical (unpaired) electrons. The number of imidazole rings is 1. The Labute approximate surface area is 120 Å². The van der Waals surface area contributed by atoms with E-state index in [1.165, 1.54) is 0 Å². The highest BCUT2D eigenvalue weighted by Gasteiger charge is 2.11. The summed E-state index contributed by atoms with van der Waals surface area (Å²) < 4.78 is 5.76. The lowest BCUT2D eigenvalue weighted by Gasteiger charge is -2.07. The summed E-state index contributed by atoms with van der Waals surface area (Å²) in [4.78, 5) is 15.7. The summed E-state index contributed by atoms with van der Waals surface area (Å²) in [6, 6.07) is 8.87. The molecule has 0 spiro atoms. The van der Waals surface area contributed by atoms with E-state index >= 15 is 0 Å². The predicted octanol–water partition coefficient (Wildman–Crippen LogP) is 2.45. The molecule has 3 rings (SSSR count). The molecule has 0 amide bonds. The van der Waals surface area contributed by atoms with Gasteiger partial charge in [-0.1, -0.05) is 0 Å². The first-order valence-electron chi connectivity index (χ1n) is 6.43. The third-order valence-electron chi connectivity index (χ3n) is 2.79. The van der Waals surface area contributed by atoms with E-state index < -0.39 is 0 Å². The van der Waals surface area contributed by atoms with Crippen LogP contribution in [-0.2, 0) is 0 Å². The third-order valence-corrected chi connectivity index (χ3v) is 2.79. The van der Waals surface area contributed by atoms with E-state index in [-0.39, 0.29) is 0 Å². The minimum atomic E-state index is 0.387. The Bertz CT molecular complexity index is 802. The standard InChI is InChI=1S/C14H12N6O/c1-2-16-14-19-12-11(17-8-18-12)13(20-14)21-10-5-3-9(7-15)4-6-10/h3-6,8H,2H2,1H3,(H2,16,17,18,19,20). The fraction of sp³-hybridized carbons (Fsp3) is 0.143. The van der Waals surface area contributed by atoms with Crippen LogP contribution in [0.3, 0.4) is 0 Å². The van der Waals surface area contributed by atoms with Gasteiger partial charge in [-0.25, -0.2) is 4.98 Å². The van der Waals surface area contributed by atoms with Crippen molar-refractivity contribution >= 4 is 17.1 Å². The number of nitrogens with zero attached hydrogens (tertiary/aromatic N) is 4. The zero-order chi connectivity index (χ0) is 14.7. The molecular weight excluding hydrogens is 268 g/mol. The van der Waals surface area contributed by atoms with Crippen molar-refractivity contribution in [3.63, 3.8) is 0 Å². The quantitative estimate of drug-likeness (QED) is 0.761. The number of anilines is 1. The molecule has 2 aromatic heterocycles. The molecule has 1 aromatic carbocycles. The van der Waals surface area contributed by atoms with Gasteiger partial charge in [0, 0.05) is 6.54 Å². The Morgan fingerprint density at radius 2 is 2.10 bits per heavy atom. The van der Waals surface area contributed by atoms with E-state index in [4.69, 9.17) is 10.00 Å². The van der Waals surface area contributed by atoms with Gasteiger partial charge < -0.3 is 15.0 Å². The average Bonchev–Trinajstić information content (AvgIpc) is 2.97. The second kappa shape index (κ2) is 5.46. The monoisotopic (exact) mass is 280 g/mol. The number of ether oxygens (including phenoxy) is 1. The number of nitriles is 1. The minimum Gasteiger partial charge on any atom is -0.437 e. The van der Waals surface area contributed by atoms with Gasteiger partial charge in [0.15, 0.2) is 5.65 Å². The van der Waals surface area contributed by atoms with Gasteiger partial charge in [0.2, 0.25) is 5.95 Å². The van der Waals surface area contributed by atoms with Gasteiger partial charge >= 0.3 is 0 Å². The van der Waals surface area contributed by atoms with Crippen LogP contribution in [0.25, 0.3) is 11.2 Å². The topological polar surface area (TPSA) is 99.5 Å². The van der Waals surface area contributed by atoms with Crippen molar-refractivity contribution in [2.45, 2.75) is 6.92 Å². The summed E-state index contributed by atoms with van der Waals surface area (Å²) in [5.41, 5.74) is 1.73. The second-order valence-corrected chi connectivity index (χ2v) is 4.22. The summed E-state index contributed by atoms with van der Waals surface area (Å²) in [7, 11) is 0. The van der Waals surface area contributed by atoms with Crippen molar-refractivity contribution in [2.24, 2.45) is 0 Å². The first-order chi connectivity index (χ1) is 10.3. The Morgan fingerprint density at radius 3 is 2.81 bits per heavy atom. The van der Waals surface area contributed by atoms with E-state index in [2.05, 4.69) is 31.3 Å². The maximum Gasteiger partial charge on any atom is 0.250 e. The molecular formula is C14H12N6O. The molecule has 0 aliphatic heterocycles. The van der Waals surface area contributed by atoms with Crippen LogP contribution in [0.5, 0.6) is 11.6 Å². The lowest BCUT2D eigenvalue weighted by molar-refractivity contribution is 0.468. The molecule has 0 saturated carbocycles. The Balaban J connectivity index is 1.98. The van der Waals surface area contributed by atoms with Gasteiger partial charge in [-0.2, -0.15) is 15.2 Å². The van der Waals surface area contributed by atoms with Crippen molar-refractivity contribution in [3.8, 4) is 17.7 Å². The first kappa shape index (κ1) is 12.9. The lowest BCUT2D eigenvalue weighted by atomic mass is 10.2. The molecule has 104 valence electrons. The number of benzene rings is 1. The Hall–Kier alpha value is -3.14. The summed E-state index contributed by atoms with van der Waals surface area (Å²) in [6.45, 7) is 2.66. The summed E-state index contributed by atoms with van der Waals surface area (Å²) >= 11 is 0. The highest BCUT2D eigenvalue weighted by Crippen LogP contribution is 2.26. The molecule has 21 heavy (non-hydrogen) atoms. The number of hydrogen-bond donors (Lipinski definition) is 2. The number of nitrogens with one attached hydrogen (secondary N) is 2. The molecule has 0 atom stereocenters. The van der Waals surface area contributed by atoms with E-state index in [1.54, 1.807) is 30.6 Å². The maximum atomic E-state index is 8.79. The molecule has 2 heterocycles. The number of rotatable bonds is 4. The largest absolute Gasteiger partial charge is 0.437 e. The molecule has 0 fully saturated rings. The highest BCUT2D eigenvalue weighted by molar-refractivity contribution is 5.77. The van der Waals surface area contributed by atoms with Crippen molar-refractivity contribution in [3.05, 3.63) is 36.2 Å². The van der Waals surface area contributed by atoms with Gasteiger partial charge in [-0.3, -0.25) is 0 Å². The van der Waals surface area contributed by atoms with Crippen LogP contribution in [0.2, 0.25) is 0 Å². The second-order valence-electron chi connectivity index (χ2n) is 4.22. The third kappa shape index (κ3) is 2.60. The van der Waals surface area contributed by atoms with Crippen LogP contribution >= 0.6 is 0 Å². The predicted molar refractivity (Wildman–Crippen MR) is 77.1 cm³/mol. The van der Waals surface area contributed by atoms with Crippen LogP contribution in [-0.4, -0.2) is 26.5 Å². The highest BCUT2D eigenvalue weighted by atomic mass is 16.5. The van der Waals surface area contributed by atoms with Crippen molar-refractivity contribution in [1.29, 1.82) is 5.26 Å². The smallest absolute Gasteiger partial charge is 0.250 e. The molecule has 7 heteroatoms.